The molecule has 16 heteroatoms. The molecule has 4 aliphatic rings. The summed E-state index contributed by atoms with van der Waals surface area (Å²) >= 11 is 13.2. The van der Waals surface area contributed by atoms with Crippen LogP contribution < -0.4 is 21.6 Å². The minimum Gasteiger partial charge on any atom is -0.368 e. The third kappa shape index (κ3) is 11.4. The van der Waals surface area contributed by atoms with Gasteiger partial charge in [0.15, 0.2) is 24.1 Å². The Morgan fingerprint density at radius 1 is 0.758 bits per heavy atom. The minimum atomic E-state index is -0.268. The molecular formula is C50H56Cl2N10O4. The van der Waals surface area contributed by atoms with E-state index in [1.807, 2.05) is 134 Å². The lowest BCUT2D eigenvalue weighted by Crippen LogP contribution is -2.41. The molecule has 3 aromatic carbocycles. The first-order valence-corrected chi connectivity index (χ1v) is 22.5. The quantitative estimate of drug-likeness (QED) is 0.133. The van der Waals surface area contributed by atoms with Gasteiger partial charge in [0, 0.05) is 80.3 Å². The maximum atomic E-state index is 13.5. The van der Waals surface area contributed by atoms with Crippen molar-refractivity contribution in [3.05, 3.63) is 165 Å². The topological polar surface area (TPSA) is 157 Å². The molecule has 344 valence electrons. The second-order valence-electron chi connectivity index (χ2n) is 15.6. The van der Waals surface area contributed by atoms with Crippen LogP contribution in [0.1, 0.15) is 83.2 Å². The molecule has 66 heavy (non-hydrogen) atoms. The highest BCUT2D eigenvalue weighted by Crippen LogP contribution is 2.34. The number of rotatable bonds is 13. The van der Waals surface area contributed by atoms with Gasteiger partial charge in [-0.05, 0) is 85.2 Å². The van der Waals surface area contributed by atoms with E-state index in [1.165, 1.54) is 0 Å². The fourth-order valence-electron chi connectivity index (χ4n) is 7.25. The number of aliphatic imine (C=N–C) groups is 4. The summed E-state index contributed by atoms with van der Waals surface area (Å²) in [6.07, 6.45) is 6.98. The largest absolute Gasteiger partial charge is 0.368 e. The first kappa shape index (κ1) is 48.9. The molecule has 0 spiro atoms. The predicted octanol–water partition coefficient (Wildman–Crippen LogP) is 8.85. The van der Waals surface area contributed by atoms with Crippen LogP contribution in [0.3, 0.4) is 0 Å². The summed E-state index contributed by atoms with van der Waals surface area (Å²) in [5, 5.41) is 7.30. The number of halogens is 2. The van der Waals surface area contributed by atoms with Crippen molar-refractivity contribution in [1.82, 2.24) is 31.4 Å². The van der Waals surface area contributed by atoms with Gasteiger partial charge in [-0.15, -0.1) is 0 Å². The molecule has 0 aromatic heterocycles. The van der Waals surface area contributed by atoms with Crippen molar-refractivity contribution in [2.24, 2.45) is 20.0 Å². The minimum absolute atomic E-state index is 0.160. The van der Waals surface area contributed by atoms with Crippen LogP contribution in [-0.4, -0.2) is 76.5 Å². The van der Waals surface area contributed by atoms with E-state index in [4.69, 9.17) is 32.9 Å². The summed E-state index contributed by atoms with van der Waals surface area (Å²) < 4.78 is 0. The van der Waals surface area contributed by atoms with Gasteiger partial charge in [0.2, 0.25) is 0 Å². The van der Waals surface area contributed by atoms with Crippen molar-refractivity contribution in [3.63, 3.8) is 0 Å². The summed E-state index contributed by atoms with van der Waals surface area (Å²) in [5.41, 5.74) is 12.2. The number of benzene rings is 3. The van der Waals surface area contributed by atoms with Crippen molar-refractivity contribution in [3.8, 4) is 0 Å². The van der Waals surface area contributed by atoms with Gasteiger partial charge in [-0.25, -0.2) is 40.6 Å². The molecule has 0 radical (unpaired) electrons. The zero-order valence-corrected chi connectivity index (χ0v) is 40.0. The van der Waals surface area contributed by atoms with E-state index >= 15 is 0 Å². The predicted molar refractivity (Wildman–Crippen MR) is 266 cm³/mol. The maximum Gasteiger partial charge on any atom is 0.260 e. The molecule has 7 rings (SSSR count). The van der Waals surface area contributed by atoms with Crippen LogP contribution in [0.25, 0.3) is 11.1 Å². The van der Waals surface area contributed by atoms with Gasteiger partial charge < -0.3 is 10.6 Å². The third-order valence-electron chi connectivity index (χ3n) is 10.4. The van der Waals surface area contributed by atoms with E-state index in [0.29, 0.717) is 86.9 Å². The summed E-state index contributed by atoms with van der Waals surface area (Å²) in [4.78, 5) is 58.6. The van der Waals surface area contributed by atoms with Crippen LogP contribution in [0.15, 0.2) is 147 Å². The first-order chi connectivity index (χ1) is 31.6. The van der Waals surface area contributed by atoms with Crippen LogP contribution in [0.4, 0.5) is 0 Å². The number of likely N-dealkylation sites (N-methyl/N-ethyl adjacent to an activating group) is 2. The SMILES string of the molecule is C=C(/N=C1\C(=C/C)C=C(c2ccc(C3=NC(C)ON3)cc2Cl)C(=O)N1CC)NC(C)C.C=C(/N=C1\C(=C/C)C=C(c2ccc(C3=NC(C)ON3)cc2Cl)C(=O)N1CC)NCc1ccccc1. The van der Waals surface area contributed by atoms with Gasteiger partial charge in [0.25, 0.3) is 11.8 Å². The monoisotopic (exact) mass is 930 g/mol. The zero-order chi connectivity index (χ0) is 47.7. The average Bonchev–Trinajstić information content (AvgIpc) is 3.94. The highest BCUT2D eigenvalue weighted by molar-refractivity contribution is 6.39. The Morgan fingerprint density at radius 2 is 1.21 bits per heavy atom. The average molecular weight is 932 g/mol. The van der Waals surface area contributed by atoms with Crippen molar-refractivity contribution in [2.75, 3.05) is 13.1 Å². The molecule has 4 aliphatic heterocycles. The van der Waals surface area contributed by atoms with Crippen LogP contribution in [0.2, 0.25) is 10.0 Å². The lowest BCUT2D eigenvalue weighted by atomic mass is 9.95. The number of hydrogen-bond acceptors (Lipinski definition) is 12. The van der Waals surface area contributed by atoms with Gasteiger partial charge in [0.05, 0.1) is 0 Å². The fourth-order valence-corrected chi connectivity index (χ4v) is 7.81. The molecule has 0 bridgehead atoms. The van der Waals surface area contributed by atoms with Crippen LogP contribution in [-0.2, 0) is 25.8 Å². The van der Waals surface area contributed by atoms with Crippen molar-refractivity contribution in [2.45, 2.75) is 80.4 Å². The van der Waals surface area contributed by atoms with E-state index in [9.17, 15) is 9.59 Å². The van der Waals surface area contributed by atoms with Gasteiger partial charge in [-0.3, -0.25) is 19.4 Å². The van der Waals surface area contributed by atoms with Crippen molar-refractivity contribution >= 4 is 69.5 Å². The van der Waals surface area contributed by atoms with Gasteiger partial charge >= 0.3 is 0 Å². The number of nitrogens with one attached hydrogen (secondary N) is 4. The number of amidine groups is 4. The maximum absolute atomic E-state index is 13.5. The zero-order valence-electron chi connectivity index (χ0n) is 38.5. The van der Waals surface area contributed by atoms with E-state index < -0.39 is 0 Å². The highest BCUT2D eigenvalue weighted by Gasteiger charge is 2.33. The Morgan fingerprint density at radius 3 is 1.59 bits per heavy atom. The highest BCUT2D eigenvalue weighted by atomic mass is 35.5. The molecular weight excluding hydrogens is 876 g/mol. The molecule has 14 nitrogen and oxygen atoms in total. The van der Waals surface area contributed by atoms with Gasteiger partial charge in [-0.1, -0.05) is 103 Å². The number of carbonyl (C=O) groups excluding carboxylic acids is 2. The summed E-state index contributed by atoms with van der Waals surface area (Å²) in [5.74, 6) is 3.00. The second kappa shape index (κ2) is 22.1. The Kier molecular flexibility index (Phi) is 16.3. The molecule has 4 heterocycles. The smallest absolute Gasteiger partial charge is 0.260 e. The van der Waals surface area contributed by atoms with Gasteiger partial charge in [0.1, 0.15) is 23.3 Å². The summed E-state index contributed by atoms with van der Waals surface area (Å²) in [6, 6.07) is 21.1. The fraction of sp³-hybridized carbons (Fsp3) is 0.280. The van der Waals surface area contributed by atoms with E-state index in [1.54, 1.807) is 21.9 Å². The lowest BCUT2D eigenvalue weighted by molar-refractivity contribution is -0.122. The number of allylic oxidation sites excluding steroid dienone is 2. The first-order valence-electron chi connectivity index (χ1n) is 21.8. The molecule has 0 fully saturated rings. The normalized spacial score (nSPS) is 20.7. The summed E-state index contributed by atoms with van der Waals surface area (Å²) in [7, 11) is 0. The molecule has 0 saturated heterocycles. The molecule has 0 saturated carbocycles. The number of nitrogens with zero attached hydrogens (tertiary/aromatic N) is 6. The molecule has 2 atom stereocenters. The van der Waals surface area contributed by atoms with E-state index in [0.717, 1.165) is 27.8 Å². The number of hydrogen-bond donors (Lipinski definition) is 4. The van der Waals surface area contributed by atoms with E-state index in [-0.39, 0.29) is 30.3 Å². The van der Waals surface area contributed by atoms with Crippen LogP contribution in [0.5, 0.6) is 0 Å². The van der Waals surface area contributed by atoms with E-state index in [2.05, 4.69) is 54.7 Å². The molecule has 2 amide bonds. The Balaban J connectivity index is 0.000000220. The Bertz CT molecular complexity index is 2640. The van der Waals surface area contributed by atoms with Crippen LogP contribution >= 0.6 is 23.2 Å². The Labute approximate surface area is 396 Å². The third-order valence-corrected chi connectivity index (χ3v) is 11.1. The number of carbonyl (C=O) groups is 2. The molecule has 0 aliphatic carbocycles. The Hall–Kier alpha value is -6.58. The van der Waals surface area contributed by atoms with Crippen molar-refractivity contribution in [1.29, 1.82) is 0 Å². The van der Waals surface area contributed by atoms with Crippen LogP contribution in [0, 0.1) is 0 Å². The second-order valence-corrected chi connectivity index (χ2v) is 16.4. The lowest BCUT2D eigenvalue weighted by Gasteiger charge is -2.30. The molecule has 3 aromatic rings. The standard InChI is InChI=1S/C27H28ClN5O2.C23H28ClN5O2/c1-5-20-14-23(22-13-12-21(15-24(22)28)25-31-18(4)35-32-25)27(34)33(6-2)26(20)30-17(3)29-16-19-10-8-7-9-11-19;1-7-16-11-19(23(30)29(8-2)22(16)26-14(5)25-13(3)4)18-10-9-17(12-20(18)24)21-27-15(6)31-28-21/h5,7-15,18,29H,3,6,16H2,1-2,4H3,(H,31,32);7,9-13,15,25H,5,8H2,1-4,6H3,(H,27,28)/b20-5-,30-26+;16-7-,26-22+. The van der Waals surface area contributed by atoms with Gasteiger partial charge in [-0.2, -0.15) is 0 Å². The molecule has 4 N–H and O–H groups in total. The number of hydroxylamine groups is 2. The number of amides is 2. The summed E-state index contributed by atoms with van der Waals surface area (Å²) in [6.45, 7) is 24.9. The molecule has 2 unspecified atom stereocenters. The van der Waals surface area contributed by atoms with Crippen molar-refractivity contribution < 1.29 is 19.3 Å².